The number of anilines is 1. The highest BCUT2D eigenvalue weighted by Crippen LogP contribution is 2.41. The Morgan fingerprint density at radius 2 is 1.85 bits per heavy atom. The Hall–Kier alpha value is -3.28. The second-order valence-electron chi connectivity index (χ2n) is 9.74. The summed E-state index contributed by atoms with van der Waals surface area (Å²) in [6.07, 6.45) is 2.58. The number of carbonyl (C=O) groups excluding carboxylic acids is 2. The van der Waals surface area contributed by atoms with Gasteiger partial charge in [-0.25, -0.2) is 9.59 Å². The number of benzene rings is 2. The van der Waals surface area contributed by atoms with Crippen LogP contribution in [0.4, 0.5) is 5.69 Å². The van der Waals surface area contributed by atoms with Crippen LogP contribution in [0.25, 0.3) is 6.08 Å². The summed E-state index contributed by atoms with van der Waals surface area (Å²) in [5, 5.41) is 3.49. The molecule has 6 heteroatoms. The molecule has 1 atom stereocenters. The SMILES string of the molecule is COC(=O)c1ccc(CC2(C)CNc3ccc(/C=C(\C)C(=O)OC(C)(C)C)cc32)c(OC)c1. The van der Waals surface area contributed by atoms with E-state index in [9.17, 15) is 9.59 Å². The van der Waals surface area contributed by atoms with Gasteiger partial charge in [-0.1, -0.05) is 19.1 Å². The second-order valence-corrected chi connectivity index (χ2v) is 9.74. The third-order valence-corrected chi connectivity index (χ3v) is 5.76. The molecule has 0 fully saturated rings. The van der Waals surface area contributed by atoms with Crippen molar-refractivity contribution in [3.05, 3.63) is 64.2 Å². The minimum absolute atomic E-state index is 0.195. The van der Waals surface area contributed by atoms with Crippen molar-refractivity contribution in [1.29, 1.82) is 0 Å². The van der Waals surface area contributed by atoms with Crippen LogP contribution in [0.2, 0.25) is 0 Å². The third-order valence-electron chi connectivity index (χ3n) is 5.76. The van der Waals surface area contributed by atoms with Crippen LogP contribution in [-0.4, -0.2) is 38.3 Å². The molecule has 1 heterocycles. The van der Waals surface area contributed by atoms with E-state index in [0.29, 0.717) is 16.9 Å². The lowest BCUT2D eigenvalue weighted by atomic mass is 9.78. The van der Waals surface area contributed by atoms with Crippen molar-refractivity contribution in [2.45, 2.75) is 52.1 Å². The smallest absolute Gasteiger partial charge is 0.337 e. The quantitative estimate of drug-likeness (QED) is 0.484. The molecule has 2 aromatic rings. The van der Waals surface area contributed by atoms with Gasteiger partial charge >= 0.3 is 11.9 Å². The van der Waals surface area contributed by atoms with Crippen LogP contribution in [0.5, 0.6) is 5.75 Å². The molecule has 176 valence electrons. The number of hydrogen-bond acceptors (Lipinski definition) is 6. The van der Waals surface area contributed by atoms with Crippen LogP contribution in [0, 0.1) is 0 Å². The normalized spacial score (nSPS) is 17.7. The molecule has 1 aliphatic heterocycles. The molecule has 0 radical (unpaired) electrons. The molecular weight excluding hydrogens is 418 g/mol. The van der Waals surface area contributed by atoms with Gasteiger partial charge in [-0.3, -0.25) is 0 Å². The van der Waals surface area contributed by atoms with Gasteiger partial charge in [0.15, 0.2) is 0 Å². The lowest BCUT2D eigenvalue weighted by molar-refractivity contribution is -0.149. The van der Waals surface area contributed by atoms with Gasteiger partial charge in [0.2, 0.25) is 0 Å². The number of esters is 2. The lowest BCUT2D eigenvalue weighted by Gasteiger charge is -2.26. The summed E-state index contributed by atoms with van der Waals surface area (Å²) < 4.78 is 15.9. The molecule has 3 rings (SSSR count). The Labute approximate surface area is 195 Å². The van der Waals surface area contributed by atoms with Crippen molar-refractivity contribution < 1.29 is 23.8 Å². The first-order chi connectivity index (χ1) is 15.5. The second kappa shape index (κ2) is 9.30. The van der Waals surface area contributed by atoms with Gasteiger partial charge < -0.3 is 19.5 Å². The molecule has 1 N–H and O–H groups in total. The van der Waals surface area contributed by atoms with Crippen LogP contribution in [0.1, 0.15) is 61.7 Å². The van der Waals surface area contributed by atoms with Gasteiger partial charge in [-0.15, -0.1) is 0 Å². The number of fused-ring (bicyclic) bond motifs is 1. The number of hydrogen-bond donors (Lipinski definition) is 1. The van der Waals surface area contributed by atoms with Crippen LogP contribution < -0.4 is 10.1 Å². The Balaban J connectivity index is 1.89. The molecular formula is C27H33NO5. The van der Waals surface area contributed by atoms with E-state index in [-0.39, 0.29) is 11.4 Å². The van der Waals surface area contributed by atoms with Gasteiger partial charge in [0.05, 0.1) is 19.8 Å². The number of carbonyl (C=O) groups is 2. The van der Waals surface area contributed by atoms with Crippen molar-refractivity contribution >= 4 is 23.7 Å². The zero-order valence-electron chi connectivity index (χ0n) is 20.5. The predicted molar refractivity (Wildman–Crippen MR) is 130 cm³/mol. The summed E-state index contributed by atoms with van der Waals surface area (Å²) in [5.41, 5.74) is 4.49. The molecule has 1 aliphatic rings. The Bertz CT molecular complexity index is 1100. The minimum atomic E-state index is -0.533. The Kier molecular flexibility index (Phi) is 6.86. The molecule has 0 amide bonds. The first-order valence-corrected chi connectivity index (χ1v) is 11.0. The highest BCUT2D eigenvalue weighted by Gasteiger charge is 2.35. The monoisotopic (exact) mass is 451 g/mol. The maximum absolute atomic E-state index is 12.4. The molecule has 6 nitrogen and oxygen atoms in total. The maximum atomic E-state index is 12.4. The largest absolute Gasteiger partial charge is 0.496 e. The molecule has 0 bridgehead atoms. The first kappa shape index (κ1) is 24.4. The fourth-order valence-electron chi connectivity index (χ4n) is 4.07. The average molecular weight is 452 g/mol. The van der Waals surface area contributed by atoms with Crippen LogP contribution in [0.15, 0.2) is 42.0 Å². The molecule has 33 heavy (non-hydrogen) atoms. The third kappa shape index (κ3) is 5.56. The summed E-state index contributed by atoms with van der Waals surface area (Å²) in [5.74, 6) is -0.0561. The molecule has 0 aromatic heterocycles. The van der Waals surface area contributed by atoms with E-state index in [1.54, 1.807) is 26.2 Å². The fourth-order valence-corrected chi connectivity index (χ4v) is 4.07. The molecule has 0 aliphatic carbocycles. The topological polar surface area (TPSA) is 73.9 Å². The zero-order valence-corrected chi connectivity index (χ0v) is 20.5. The summed E-state index contributed by atoms with van der Waals surface area (Å²) >= 11 is 0. The molecule has 0 spiro atoms. The predicted octanol–water partition coefficient (Wildman–Crippen LogP) is 5.15. The molecule has 1 unspecified atom stereocenters. The van der Waals surface area contributed by atoms with E-state index in [1.807, 2.05) is 45.0 Å². The van der Waals surface area contributed by atoms with Crippen molar-refractivity contribution in [2.24, 2.45) is 0 Å². The van der Waals surface area contributed by atoms with Crippen LogP contribution in [0.3, 0.4) is 0 Å². The van der Waals surface area contributed by atoms with Crippen LogP contribution in [-0.2, 0) is 26.1 Å². The maximum Gasteiger partial charge on any atom is 0.337 e. The van der Waals surface area contributed by atoms with Gasteiger partial charge in [0.25, 0.3) is 0 Å². The van der Waals surface area contributed by atoms with Gasteiger partial charge in [0.1, 0.15) is 11.4 Å². The summed E-state index contributed by atoms with van der Waals surface area (Å²) in [4.78, 5) is 24.3. The van der Waals surface area contributed by atoms with Crippen molar-refractivity contribution in [1.82, 2.24) is 0 Å². The highest BCUT2D eigenvalue weighted by atomic mass is 16.6. The van der Waals surface area contributed by atoms with Crippen LogP contribution >= 0.6 is 0 Å². The zero-order chi connectivity index (χ0) is 24.4. The van der Waals surface area contributed by atoms with E-state index < -0.39 is 11.6 Å². The van der Waals surface area contributed by atoms with E-state index in [4.69, 9.17) is 14.2 Å². The van der Waals surface area contributed by atoms with Crippen molar-refractivity contribution in [2.75, 3.05) is 26.1 Å². The summed E-state index contributed by atoms with van der Waals surface area (Å²) in [6.45, 7) is 10.3. The van der Waals surface area contributed by atoms with E-state index in [1.165, 1.54) is 12.7 Å². The van der Waals surface area contributed by atoms with Crippen molar-refractivity contribution in [3.63, 3.8) is 0 Å². The average Bonchev–Trinajstić information content (AvgIpc) is 3.08. The highest BCUT2D eigenvalue weighted by molar-refractivity contribution is 5.93. The first-order valence-electron chi connectivity index (χ1n) is 11.0. The molecule has 0 saturated carbocycles. The summed E-state index contributed by atoms with van der Waals surface area (Å²) in [6, 6.07) is 11.6. The van der Waals surface area contributed by atoms with Gasteiger partial charge in [0, 0.05) is 23.2 Å². The van der Waals surface area contributed by atoms with Crippen molar-refractivity contribution in [3.8, 4) is 5.75 Å². The molecule has 0 saturated heterocycles. The fraction of sp³-hybridized carbons (Fsp3) is 0.407. The van der Waals surface area contributed by atoms with E-state index in [2.05, 4.69) is 18.3 Å². The number of rotatable bonds is 6. The minimum Gasteiger partial charge on any atom is -0.496 e. The number of ether oxygens (including phenoxy) is 3. The standard InChI is InChI=1S/C27H33NO5/c1-17(24(29)33-26(2,3)4)12-18-8-11-22-21(13-18)27(5,16-28-22)15-20-10-9-19(25(30)32-7)14-23(20)31-6/h8-14,28H,15-16H2,1-7H3/b17-12+. The number of nitrogens with one attached hydrogen (secondary N) is 1. The Morgan fingerprint density at radius 3 is 2.48 bits per heavy atom. The summed E-state index contributed by atoms with van der Waals surface area (Å²) in [7, 11) is 2.97. The van der Waals surface area contributed by atoms with E-state index >= 15 is 0 Å². The Morgan fingerprint density at radius 1 is 1.12 bits per heavy atom. The van der Waals surface area contributed by atoms with Gasteiger partial charge in [-0.2, -0.15) is 0 Å². The number of methoxy groups -OCH3 is 2. The van der Waals surface area contributed by atoms with Gasteiger partial charge in [-0.05, 0) is 81.1 Å². The lowest BCUT2D eigenvalue weighted by Crippen LogP contribution is -2.27. The van der Waals surface area contributed by atoms with E-state index in [0.717, 1.165) is 29.8 Å². The molecule has 2 aromatic carbocycles.